The van der Waals surface area contributed by atoms with E-state index in [-0.39, 0.29) is 11.7 Å². The molecule has 0 saturated heterocycles. The maximum Gasteiger partial charge on any atom is 0.260 e. The standard InChI is InChI=1S/C23H19N3O2S2/c1-15(27)17-8-10-18(11-9-17)22(28)26(14-16-5-4-12-24-13-16)23-25-21-19(29-2)6-3-7-20(21)30-23/h3-13H,14H2,1-2H3. The maximum absolute atomic E-state index is 13.4. The van der Waals surface area contributed by atoms with Crippen molar-refractivity contribution in [3.63, 3.8) is 0 Å². The lowest BCUT2D eigenvalue weighted by molar-refractivity contribution is 0.0981. The summed E-state index contributed by atoms with van der Waals surface area (Å²) in [6.07, 6.45) is 5.47. The van der Waals surface area contributed by atoms with Crippen molar-refractivity contribution in [2.24, 2.45) is 0 Å². The minimum Gasteiger partial charge on any atom is -0.295 e. The average Bonchev–Trinajstić information content (AvgIpc) is 3.22. The fourth-order valence-corrected chi connectivity index (χ4v) is 4.71. The zero-order valence-corrected chi connectivity index (χ0v) is 18.2. The van der Waals surface area contributed by atoms with Gasteiger partial charge in [0.15, 0.2) is 10.9 Å². The van der Waals surface area contributed by atoms with Crippen molar-refractivity contribution in [1.82, 2.24) is 9.97 Å². The van der Waals surface area contributed by atoms with E-state index in [0.717, 1.165) is 20.7 Å². The van der Waals surface area contributed by atoms with Gasteiger partial charge in [0.05, 0.1) is 16.8 Å². The third-order valence-electron chi connectivity index (χ3n) is 4.67. The number of nitrogens with zero attached hydrogens (tertiary/aromatic N) is 3. The van der Waals surface area contributed by atoms with Gasteiger partial charge < -0.3 is 0 Å². The molecule has 0 saturated carbocycles. The predicted octanol–water partition coefficient (Wildman–Crippen LogP) is 5.46. The summed E-state index contributed by atoms with van der Waals surface area (Å²) in [6, 6.07) is 16.6. The lowest BCUT2D eigenvalue weighted by Crippen LogP contribution is -2.30. The highest BCUT2D eigenvalue weighted by Gasteiger charge is 2.22. The van der Waals surface area contributed by atoms with Gasteiger partial charge in [0, 0.05) is 28.4 Å². The summed E-state index contributed by atoms with van der Waals surface area (Å²) in [5.74, 6) is -0.198. The quantitative estimate of drug-likeness (QED) is 0.298. The van der Waals surface area contributed by atoms with Gasteiger partial charge in [0.25, 0.3) is 5.91 Å². The molecule has 2 aromatic heterocycles. The number of para-hydroxylation sites is 1. The second-order valence-corrected chi connectivity index (χ2v) is 8.55. The van der Waals surface area contributed by atoms with Crippen molar-refractivity contribution in [2.75, 3.05) is 11.2 Å². The molecule has 0 radical (unpaired) electrons. The molecule has 4 rings (SSSR count). The molecule has 7 heteroatoms. The largest absolute Gasteiger partial charge is 0.295 e. The van der Waals surface area contributed by atoms with Crippen LogP contribution in [0.25, 0.3) is 10.2 Å². The van der Waals surface area contributed by atoms with Crippen molar-refractivity contribution < 1.29 is 9.59 Å². The maximum atomic E-state index is 13.4. The summed E-state index contributed by atoms with van der Waals surface area (Å²) in [7, 11) is 0. The molecule has 0 aliphatic carbocycles. The minimum atomic E-state index is -0.168. The molecular formula is C23H19N3O2S2. The summed E-state index contributed by atoms with van der Waals surface area (Å²) < 4.78 is 1.03. The Hall–Kier alpha value is -3.03. The Morgan fingerprint density at radius 1 is 1.03 bits per heavy atom. The van der Waals surface area contributed by atoms with Crippen molar-refractivity contribution in [1.29, 1.82) is 0 Å². The number of rotatable bonds is 6. The van der Waals surface area contributed by atoms with Crippen LogP contribution in [0.5, 0.6) is 0 Å². The van der Waals surface area contributed by atoms with Crippen molar-refractivity contribution >= 4 is 50.1 Å². The van der Waals surface area contributed by atoms with Gasteiger partial charge in [-0.05, 0) is 49.1 Å². The molecule has 1 amide bonds. The Balaban J connectivity index is 1.76. The number of benzene rings is 2. The first kappa shape index (κ1) is 20.3. The Morgan fingerprint density at radius 3 is 2.47 bits per heavy atom. The summed E-state index contributed by atoms with van der Waals surface area (Å²) in [5.41, 5.74) is 2.90. The number of carbonyl (C=O) groups is 2. The van der Waals surface area contributed by atoms with Crippen LogP contribution in [0.15, 0.2) is 71.9 Å². The number of carbonyl (C=O) groups excluding carboxylic acids is 2. The van der Waals surface area contributed by atoms with E-state index < -0.39 is 0 Å². The Kier molecular flexibility index (Phi) is 5.92. The highest BCUT2D eigenvalue weighted by Crippen LogP contribution is 2.35. The minimum absolute atomic E-state index is 0.0306. The number of ketones is 1. The molecule has 0 unspecified atom stereocenters. The van der Waals surface area contributed by atoms with E-state index in [4.69, 9.17) is 4.98 Å². The molecule has 150 valence electrons. The molecule has 0 bridgehead atoms. The Morgan fingerprint density at radius 2 is 1.80 bits per heavy atom. The van der Waals surface area contributed by atoms with Crippen LogP contribution in [0.3, 0.4) is 0 Å². The number of pyridine rings is 1. The van der Waals surface area contributed by atoms with E-state index >= 15 is 0 Å². The number of hydrogen-bond acceptors (Lipinski definition) is 6. The average molecular weight is 434 g/mol. The van der Waals surface area contributed by atoms with E-state index in [1.54, 1.807) is 53.3 Å². The zero-order valence-electron chi connectivity index (χ0n) is 16.5. The third-order valence-corrected chi connectivity index (χ3v) is 6.48. The molecular weight excluding hydrogens is 414 g/mol. The lowest BCUT2D eigenvalue weighted by Gasteiger charge is -2.20. The molecule has 2 heterocycles. The second kappa shape index (κ2) is 8.77. The first-order valence-electron chi connectivity index (χ1n) is 9.32. The lowest BCUT2D eigenvalue weighted by atomic mass is 10.1. The molecule has 30 heavy (non-hydrogen) atoms. The molecule has 0 fully saturated rings. The van der Waals surface area contributed by atoms with Gasteiger partial charge in [-0.1, -0.05) is 35.6 Å². The molecule has 0 N–H and O–H groups in total. The van der Waals surface area contributed by atoms with Crippen LogP contribution in [-0.2, 0) is 6.54 Å². The fourth-order valence-electron chi connectivity index (χ4n) is 3.10. The van der Waals surface area contributed by atoms with E-state index in [9.17, 15) is 9.59 Å². The summed E-state index contributed by atoms with van der Waals surface area (Å²) in [4.78, 5) is 36.7. The van der Waals surface area contributed by atoms with Crippen LogP contribution in [0, 0.1) is 0 Å². The van der Waals surface area contributed by atoms with Gasteiger partial charge in [-0.15, -0.1) is 11.8 Å². The first-order valence-corrected chi connectivity index (χ1v) is 11.4. The number of aromatic nitrogens is 2. The van der Waals surface area contributed by atoms with Crippen LogP contribution in [0.1, 0.15) is 33.2 Å². The van der Waals surface area contributed by atoms with Crippen LogP contribution in [0.2, 0.25) is 0 Å². The van der Waals surface area contributed by atoms with Crippen molar-refractivity contribution in [2.45, 2.75) is 18.4 Å². The number of amides is 1. The summed E-state index contributed by atoms with van der Waals surface area (Å²) in [6.45, 7) is 1.87. The first-order chi connectivity index (χ1) is 14.6. The molecule has 0 atom stereocenters. The van der Waals surface area contributed by atoms with Gasteiger partial charge in [0.1, 0.15) is 0 Å². The van der Waals surface area contributed by atoms with E-state index in [1.165, 1.54) is 18.3 Å². The van der Waals surface area contributed by atoms with Crippen molar-refractivity contribution in [3.05, 3.63) is 83.7 Å². The van der Waals surface area contributed by atoms with Crippen molar-refractivity contribution in [3.8, 4) is 0 Å². The van der Waals surface area contributed by atoms with E-state index in [2.05, 4.69) is 4.98 Å². The second-order valence-electron chi connectivity index (χ2n) is 6.69. The van der Waals surface area contributed by atoms with Gasteiger partial charge in [0.2, 0.25) is 0 Å². The van der Waals surface area contributed by atoms with Gasteiger partial charge in [-0.3, -0.25) is 19.5 Å². The molecule has 5 nitrogen and oxygen atoms in total. The van der Waals surface area contributed by atoms with E-state index in [0.29, 0.717) is 22.8 Å². The van der Waals surface area contributed by atoms with E-state index in [1.807, 2.05) is 36.6 Å². The number of hydrogen-bond donors (Lipinski definition) is 0. The van der Waals surface area contributed by atoms with Gasteiger partial charge in [-0.25, -0.2) is 4.98 Å². The smallest absolute Gasteiger partial charge is 0.260 e. The van der Waals surface area contributed by atoms with Gasteiger partial charge in [-0.2, -0.15) is 0 Å². The highest BCUT2D eigenvalue weighted by molar-refractivity contribution is 7.98. The SMILES string of the molecule is CSc1cccc2sc(N(Cc3cccnc3)C(=O)c3ccc(C(C)=O)cc3)nc12. The topological polar surface area (TPSA) is 63.2 Å². The van der Waals surface area contributed by atoms with Crippen LogP contribution < -0.4 is 4.90 Å². The number of thiazole rings is 1. The number of Topliss-reactive ketones (excluding diaryl/α,β-unsaturated/α-hetero) is 1. The monoisotopic (exact) mass is 433 g/mol. The summed E-state index contributed by atoms with van der Waals surface area (Å²) in [5, 5.41) is 0.635. The predicted molar refractivity (Wildman–Crippen MR) is 123 cm³/mol. The number of thioether (sulfide) groups is 1. The van der Waals surface area contributed by atoms with Crippen LogP contribution >= 0.6 is 23.1 Å². The number of anilines is 1. The summed E-state index contributed by atoms with van der Waals surface area (Å²) >= 11 is 3.13. The van der Waals surface area contributed by atoms with Crippen LogP contribution in [0.4, 0.5) is 5.13 Å². The Labute approximate surface area is 182 Å². The molecule has 2 aromatic carbocycles. The molecule has 0 aliphatic rings. The fraction of sp³-hybridized carbons (Fsp3) is 0.130. The zero-order chi connectivity index (χ0) is 21.1. The number of fused-ring (bicyclic) bond motifs is 1. The molecule has 0 aliphatic heterocycles. The highest BCUT2D eigenvalue weighted by atomic mass is 32.2. The molecule has 0 spiro atoms. The Bertz CT molecular complexity index is 1200. The third kappa shape index (κ3) is 4.13. The molecule has 4 aromatic rings. The normalized spacial score (nSPS) is 10.9. The van der Waals surface area contributed by atoms with Gasteiger partial charge >= 0.3 is 0 Å². The van der Waals surface area contributed by atoms with Crippen LogP contribution in [-0.4, -0.2) is 27.9 Å².